The van der Waals surface area contributed by atoms with Crippen LogP contribution < -0.4 is 0 Å². The van der Waals surface area contributed by atoms with Crippen molar-refractivity contribution in [3.8, 4) is 0 Å². The van der Waals surface area contributed by atoms with E-state index >= 15 is 0 Å². The summed E-state index contributed by atoms with van der Waals surface area (Å²) >= 11 is 0. The van der Waals surface area contributed by atoms with Crippen molar-refractivity contribution < 1.29 is 25.2 Å². The second kappa shape index (κ2) is 5.77. The summed E-state index contributed by atoms with van der Waals surface area (Å²) in [6.07, 6.45) is -4.81. The highest BCUT2D eigenvalue weighted by molar-refractivity contribution is 5.16. The molecule has 5 heteroatoms. The molecule has 100 valence electrons. The molecule has 0 spiro atoms. The maximum atomic E-state index is 9.87. The minimum Gasteiger partial charge on any atom is -0.394 e. The summed E-state index contributed by atoms with van der Waals surface area (Å²) in [5, 5.41) is 38.2. The molecular weight excluding hydrogens is 236 g/mol. The predicted octanol–water partition coefficient (Wildman–Crippen LogP) is -0.929. The molecule has 0 aromatic heterocycles. The first-order valence-corrected chi connectivity index (χ1v) is 5.98. The number of hydrogen-bond acceptors (Lipinski definition) is 5. The Labute approximate surface area is 105 Å². The molecule has 5 atom stereocenters. The minimum atomic E-state index is -1.30. The summed E-state index contributed by atoms with van der Waals surface area (Å²) in [5.74, 6) is 0. The molecule has 0 bridgehead atoms. The predicted molar refractivity (Wildman–Crippen MR) is 63.9 cm³/mol. The first-order chi connectivity index (χ1) is 8.63. The van der Waals surface area contributed by atoms with Crippen molar-refractivity contribution in [1.29, 1.82) is 0 Å². The number of ether oxygens (including phenoxy) is 1. The van der Waals surface area contributed by atoms with Gasteiger partial charge in [-0.2, -0.15) is 0 Å². The molecule has 0 amide bonds. The summed E-state index contributed by atoms with van der Waals surface area (Å²) in [7, 11) is 0. The van der Waals surface area contributed by atoms with Crippen LogP contribution in [-0.4, -0.2) is 57.6 Å². The highest BCUT2D eigenvalue weighted by Gasteiger charge is 2.43. The lowest BCUT2D eigenvalue weighted by molar-refractivity contribution is -0.228. The number of benzene rings is 1. The van der Waals surface area contributed by atoms with E-state index < -0.39 is 37.1 Å². The SMILES string of the molecule is OC[C@H]1O[C@H](Cc2ccccc2)[C@H](O)[C@@H](O)[C@@H]1O. The van der Waals surface area contributed by atoms with Gasteiger partial charge in [-0.3, -0.25) is 0 Å². The number of aliphatic hydroxyl groups excluding tert-OH is 4. The fourth-order valence-corrected chi connectivity index (χ4v) is 2.19. The fourth-order valence-electron chi connectivity index (χ4n) is 2.19. The van der Waals surface area contributed by atoms with Gasteiger partial charge < -0.3 is 25.2 Å². The third kappa shape index (κ3) is 2.71. The van der Waals surface area contributed by atoms with E-state index in [2.05, 4.69) is 0 Å². The highest BCUT2D eigenvalue weighted by Crippen LogP contribution is 2.23. The van der Waals surface area contributed by atoms with Crippen molar-refractivity contribution in [2.24, 2.45) is 0 Å². The van der Waals surface area contributed by atoms with Crippen molar-refractivity contribution in [3.63, 3.8) is 0 Å². The monoisotopic (exact) mass is 254 g/mol. The zero-order valence-corrected chi connectivity index (χ0v) is 9.88. The van der Waals surface area contributed by atoms with Crippen molar-refractivity contribution in [2.45, 2.75) is 36.9 Å². The van der Waals surface area contributed by atoms with Crippen LogP contribution in [0.3, 0.4) is 0 Å². The zero-order valence-electron chi connectivity index (χ0n) is 9.88. The maximum Gasteiger partial charge on any atom is 0.111 e. The summed E-state index contributed by atoms with van der Waals surface area (Å²) in [5.41, 5.74) is 0.960. The van der Waals surface area contributed by atoms with Gasteiger partial charge in [-0.15, -0.1) is 0 Å². The topological polar surface area (TPSA) is 90.2 Å². The summed E-state index contributed by atoms with van der Waals surface area (Å²) < 4.78 is 5.42. The van der Waals surface area contributed by atoms with Crippen LogP contribution >= 0.6 is 0 Å². The van der Waals surface area contributed by atoms with E-state index in [1.54, 1.807) is 0 Å². The van der Waals surface area contributed by atoms with Gasteiger partial charge in [-0.1, -0.05) is 30.3 Å². The quantitative estimate of drug-likeness (QED) is 0.559. The summed E-state index contributed by atoms with van der Waals surface area (Å²) in [4.78, 5) is 0. The average molecular weight is 254 g/mol. The van der Waals surface area contributed by atoms with Crippen LogP contribution in [0.4, 0.5) is 0 Å². The second-order valence-electron chi connectivity index (χ2n) is 4.56. The Hall–Kier alpha value is -0.980. The first kappa shape index (κ1) is 13.5. The molecule has 1 fully saturated rings. The molecule has 1 saturated heterocycles. The molecule has 5 nitrogen and oxygen atoms in total. The van der Waals surface area contributed by atoms with Gasteiger partial charge in [0.15, 0.2) is 0 Å². The number of rotatable bonds is 3. The van der Waals surface area contributed by atoms with Crippen LogP contribution in [0, 0.1) is 0 Å². The van der Waals surface area contributed by atoms with Gasteiger partial charge >= 0.3 is 0 Å². The molecule has 1 aromatic rings. The standard InChI is InChI=1S/C13H18O5/c14-7-10-12(16)13(17)11(15)9(18-10)6-8-4-2-1-3-5-8/h1-5,9-17H,6-7H2/t9-,10-,11+,12-,13-/m1/s1. The van der Waals surface area contributed by atoms with Gasteiger partial charge in [0, 0.05) is 6.42 Å². The first-order valence-electron chi connectivity index (χ1n) is 5.98. The lowest BCUT2D eigenvalue weighted by Gasteiger charge is -2.40. The molecular formula is C13H18O5. The van der Waals surface area contributed by atoms with Crippen LogP contribution in [0.5, 0.6) is 0 Å². The average Bonchev–Trinajstić information content (AvgIpc) is 2.40. The van der Waals surface area contributed by atoms with Gasteiger partial charge in [-0.25, -0.2) is 0 Å². The van der Waals surface area contributed by atoms with Crippen molar-refractivity contribution in [3.05, 3.63) is 35.9 Å². The summed E-state index contributed by atoms with van der Waals surface area (Å²) in [6.45, 7) is -0.393. The molecule has 4 N–H and O–H groups in total. The number of aliphatic hydroxyl groups is 4. The largest absolute Gasteiger partial charge is 0.394 e. The molecule has 1 aliphatic heterocycles. The molecule has 1 aliphatic rings. The second-order valence-corrected chi connectivity index (χ2v) is 4.56. The lowest BCUT2D eigenvalue weighted by atomic mass is 9.92. The molecule has 2 rings (SSSR count). The zero-order chi connectivity index (χ0) is 13.1. The van der Waals surface area contributed by atoms with Gasteiger partial charge in [0.2, 0.25) is 0 Å². The van der Waals surface area contributed by atoms with Gasteiger partial charge in [0.25, 0.3) is 0 Å². The van der Waals surface area contributed by atoms with E-state index in [1.807, 2.05) is 30.3 Å². The Bertz CT molecular complexity index is 367. The van der Waals surface area contributed by atoms with Crippen LogP contribution in [0.15, 0.2) is 30.3 Å². The van der Waals surface area contributed by atoms with Crippen LogP contribution in [0.2, 0.25) is 0 Å². The van der Waals surface area contributed by atoms with Gasteiger partial charge in [-0.05, 0) is 5.56 Å². The molecule has 0 unspecified atom stereocenters. The van der Waals surface area contributed by atoms with Crippen molar-refractivity contribution >= 4 is 0 Å². The van der Waals surface area contributed by atoms with Crippen molar-refractivity contribution in [1.82, 2.24) is 0 Å². The van der Waals surface area contributed by atoms with Gasteiger partial charge in [0.1, 0.15) is 24.4 Å². The van der Waals surface area contributed by atoms with E-state index in [0.717, 1.165) is 5.56 Å². The Morgan fingerprint density at radius 1 is 0.889 bits per heavy atom. The Morgan fingerprint density at radius 3 is 2.11 bits per heavy atom. The Morgan fingerprint density at radius 2 is 1.50 bits per heavy atom. The van der Waals surface area contributed by atoms with E-state index in [4.69, 9.17) is 9.84 Å². The van der Waals surface area contributed by atoms with Crippen molar-refractivity contribution in [2.75, 3.05) is 6.61 Å². The molecule has 1 heterocycles. The normalized spacial score (nSPS) is 36.6. The smallest absolute Gasteiger partial charge is 0.111 e. The molecule has 18 heavy (non-hydrogen) atoms. The number of hydrogen-bond donors (Lipinski definition) is 4. The van der Waals surface area contributed by atoms with Gasteiger partial charge in [0.05, 0.1) is 12.7 Å². The van der Waals surface area contributed by atoms with Crippen LogP contribution in [0.1, 0.15) is 5.56 Å². The highest BCUT2D eigenvalue weighted by atomic mass is 16.5. The maximum absolute atomic E-state index is 9.87. The van der Waals surface area contributed by atoms with Crippen LogP contribution in [-0.2, 0) is 11.2 Å². The summed E-state index contributed by atoms with van der Waals surface area (Å²) in [6, 6.07) is 9.42. The van der Waals surface area contributed by atoms with E-state index in [0.29, 0.717) is 6.42 Å². The molecule has 1 aromatic carbocycles. The lowest BCUT2D eigenvalue weighted by Crippen LogP contribution is -2.58. The Balaban J connectivity index is 2.08. The van der Waals surface area contributed by atoms with E-state index in [9.17, 15) is 15.3 Å². The Kier molecular flexibility index (Phi) is 4.31. The molecule has 0 aliphatic carbocycles. The fraction of sp³-hybridized carbons (Fsp3) is 0.538. The third-order valence-electron chi connectivity index (χ3n) is 3.27. The van der Waals surface area contributed by atoms with E-state index in [-0.39, 0.29) is 0 Å². The molecule has 0 radical (unpaired) electrons. The van der Waals surface area contributed by atoms with E-state index in [1.165, 1.54) is 0 Å². The molecule has 0 saturated carbocycles. The van der Waals surface area contributed by atoms with Crippen LogP contribution in [0.25, 0.3) is 0 Å². The third-order valence-corrected chi connectivity index (χ3v) is 3.27. The minimum absolute atomic E-state index is 0.393.